The van der Waals surface area contributed by atoms with Crippen molar-refractivity contribution in [3.05, 3.63) is 70.3 Å². The normalized spacial score (nSPS) is 10.1. The molecule has 2 aromatic rings. The van der Waals surface area contributed by atoms with Gasteiger partial charge in [-0.05, 0) is 90.4 Å². The lowest BCUT2D eigenvalue weighted by Gasteiger charge is -2.07. The number of esters is 3. The van der Waals surface area contributed by atoms with E-state index in [2.05, 4.69) is 29.2 Å². The maximum Gasteiger partial charge on any atom is 0.343 e. The molecule has 7 heteroatoms. The maximum atomic E-state index is 12.1. The summed E-state index contributed by atoms with van der Waals surface area (Å²) in [4.78, 5) is 34.8. The highest BCUT2D eigenvalue weighted by Crippen LogP contribution is 2.20. The van der Waals surface area contributed by atoms with Gasteiger partial charge in [0.2, 0.25) is 0 Å². The van der Waals surface area contributed by atoms with Crippen molar-refractivity contribution >= 4 is 40.5 Å². The number of ether oxygens (including phenoxy) is 3. The van der Waals surface area contributed by atoms with E-state index in [1.807, 2.05) is 12.1 Å². The van der Waals surface area contributed by atoms with Crippen LogP contribution in [0.3, 0.4) is 0 Å². The Balaban J connectivity index is 1.70. The number of rotatable bonds is 10. The van der Waals surface area contributed by atoms with Crippen LogP contribution in [0.4, 0.5) is 0 Å². The van der Waals surface area contributed by atoms with Crippen LogP contribution in [0.2, 0.25) is 0 Å². The molecule has 0 saturated heterocycles. The van der Waals surface area contributed by atoms with Gasteiger partial charge in [-0.25, -0.2) is 9.59 Å². The van der Waals surface area contributed by atoms with Gasteiger partial charge in [0.25, 0.3) is 0 Å². The lowest BCUT2D eigenvalue weighted by molar-refractivity contribution is -0.138. The Kier molecular flexibility index (Phi) is 9.36. The van der Waals surface area contributed by atoms with Crippen molar-refractivity contribution in [1.82, 2.24) is 0 Å². The van der Waals surface area contributed by atoms with Crippen molar-refractivity contribution in [1.29, 1.82) is 0 Å². The van der Waals surface area contributed by atoms with Crippen molar-refractivity contribution in [2.45, 2.75) is 25.7 Å². The summed E-state index contributed by atoms with van der Waals surface area (Å²) in [5.41, 5.74) is 0.458. The summed E-state index contributed by atoms with van der Waals surface area (Å²) >= 11 is 2.16. The predicted octanol–water partition coefficient (Wildman–Crippen LogP) is 4.71. The second kappa shape index (κ2) is 12.0. The highest BCUT2D eigenvalue weighted by Gasteiger charge is 2.09. The molecular weight excluding hydrogens is 487 g/mol. The maximum absolute atomic E-state index is 12.1. The molecule has 6 nitrogen and oxygen atoms in total. The van der Waals surface area contributed by atoms with Gasteiger partial charge in [-0.15, -0.1) is 0 Å². The highest BCUT2D eigenvalue weighted by atomic mass is 127. The lowest BCUT2D eigenvalue weighted by atomic mass is 10.2. The number of hydrogen-bond donors (Lipinski definition) is 0. The largest absolute Gasteiger partial charge is 0.463 e. The summed E-state index contributed by atoms with van der Waals surface area (Å²) in [6.45, 7) is 3.62. The first-order valence-corrected chi connectivity index (χ1v) is 10.1. The molecule has 152 valence electrons. The SMILES string of the molecule is C=CC(=O)OCCCCCC(=O)Oc1ccc(OC(=O)c2ccc(I)cc2)cc1. The number of benzene rings is 2. The van der Waals surface area contributed by atoms with Crippen LogP contribution in [0.1, 0.15) is 36.0 Å². The fourth-order valence-corrected chi connectivity index (χ4v) is 2.65. The third kappa shape index (κ3) is 8.47. The van der Waals surface area contributed by atoms with Crippen LogP contribution in [-0.4, -0.2) is 24.5 Å². The van der Waals surface area contributed by atoms with Gasteiger partial charge >= 0.3 is 17.9 Å². The average molecular weight is 508 g/mol. The van der Waals surface area contributed by atoms with E-state index >= 15 is 0 Å². The number of unbranched alkanes of at least 4 members (excludes halogenated alkanes) is 2. The molecule has 0 bridgehead atoms. The van der Waals surface area contributed by atoms with Gasteiger partial charge in [-0.3, -0.25) is 4.79 Å². The van der Waals surface area contributed by atoms with Gasteiger partial charge in [0.1, 0.15) is 11.5 Å². The van der Waals surface area contributed by atoms with E-state index in [9.17, 15) is 14.4 Å². The van der Waals surface area contributed by atoms with Crippen LogP contribution in [0, 0.1) is 3.57 Å². The van der Waals surface area contributed by atoms with Crippen molar-refractivity contribution < 1.29 is 28.6 Å². The molecule has 0 heterocycles. The highest BCUT2D eigenvalue weighted by molar-refractivity contribution is 14.1. The zero-order valence-electron chi connectivity index (χ0n) is 15.8. The first-order valence-electron chi connectivity index (χ1n) is 9.05. The minimum Gasteiger partial charge on any atom is -0.463 e. The van der Waals surface area contributed by atoms with Crippen LogP contribution in [0.5, 0.6) is 11.5 Å². The third-order valence-electron chi connectivity index (χ3n) is 3.78. The van der Waals surface area contributed by atoms with E-state index < -0.39 is 11.9 Å². The topological polar surface area (TPSA) is 78.9 Å². The molecule has 0 amide bonds. The molecule has 0 aliphatic heterocycles. The molecule has 2 rings (SSSR count). The van der Waals surface area contributed by atoms with Gasteiger partial charge in [-0.1, -0.05) is 6.58 Å². The van der Waals surface area contributed by atoms with E-state index in [0.29, 0.717) is 36.5 Å². The minimum atomic E-state index is -0.454. The third-order valence-corrected chi connectivity index (χ3v) is 4.50. The second-order valence-electron chi connectivity index (χ2n) is 6.02. The van der Waals surface area contributed by atoms with Gasteiger partial charge in [0.05, 0.1) is 12.2 Å². The molecule has 0 saturated carbocycles. The predicted molar refractivity (Wildman–Crippen MR) is 116 cm³/mol. The van der Waals surface area contributed by atoms with E-state index in [0.717, 1.165) is 16.1 Å². The zero-order valence-corrected chi connectivity index (χ0v) is 17.9. The van der Waals surface area contributed by atoms with E-state index in [4.69, 9.17) is 14.2 Å². The summed E-state index contributed by atoms with van der Waals surface area (Å²) in [5.74, 6) is -0.509. The molecule has 0 unspecified atom stereocenters. The molecule has 0 atom stereocenters. The molecule has 29 heavy (non-hydrogen) atoms. The Bertz CT molecular complexity index is 843. The monoisotopic (exact) mass is 508 g/mol. The second-order valence-corrected chi connectivity index (χ2v) is 7.27. The molecular formula is C22H21IO6. The molecule has 2 aromatic carbocycles. The molecule has 0 fully saturated rings. The smallest absolute Gasteiger partial charge is 0.343 e. The Morgan fingerprint density at radius 1 is 0.862 bits per heavy atom. The van der Waals surface area contributed by atoms with E-state index in [1.165, 1.54) is 0 Å². The van der Waals surface area contributed by atoms with Crippen LogP contribution in [-0.2, 0) is 14.3 Å². The van der Waals surface area contributed by atoms with Gasteiger partial charge in [-0.2, -0.15) is 0 Å². The van der Waals surface area contributed by atoms with Crippen molar-refractivity contribution in [3.8, 4) is 11.5 Å². The molecule has 0 radical (unpaired) electrons. The van der Waals surface area contributed by atoms with E-state index in [1.54, 1.807) is 36.4 Å². The van der Waals surface area contributed by atoms with Gasteiger partial charge < -0.3 is 14.2 Å². The standard InChI is InChI=1S/C22H21IO6/c1-2-20(24)27-15-5-3-4-6-21(25)28-18-11-13-19(14-12-18)29-22(26)16-7-9-17(23)10-8-16/h2,7-14H,1,3-6,15H2. The Morgan fingerprint density at radius 2 is 1.48 bits per heavy atom. The molecule has 0 aliphatic rings. The first kappa shape index (κ1) is 22.6. The fourth-order valence-electron chi connectivity index (χ4n) is 2.29. The quantitative estimate of drug-likeness (QED) is 0.152. The number of hydrogen-bond acceptors (Lipinski definition) is 6. The molecule has 0 aliphatic carbocycles. The summed E-state index contributed by atoms with van der Waals surface area (Å²) in [5, 5.41) is 0. The zero-order chi connectivity index (χ0) is 21.1. The van der Waals surface area contributed by atoms with Crippen LogP contribution in [0.15, 0.2) is 61.2 Å². The molecule has 0 aromatic heterocycles. The summed E-state index contributed by atoms with van der Waals surface area (Å²) in [6, 6.07) is 13.3. The average Bonchev–Trinajstić information content (AvgIpc) is 2.72. The lowest BCUT2D eigenvalue weighted by Crippen LogP contribution is -2.09. The Labute approximate surface area is 183 Å². The number of carbonyl (C=O) groups excluding carboxylic acids is 3. The van der Waals surface area contributed by atoms with Crippen molar-refractivity contribution in [3.63, 3.8) is 0 Å². The van der Waals surface area contributed by atoms with Gasteiger partial charge in [0, 0.05) is 16.1 Å². The molecule has 0 spiro atoms. The first-order chi connectivity index (χ1) is 14.0. The van der Waals surface area contributed by atoms with Crippen molar-refractivity contribution in [2.75, 3.05) is 6.61 Å². The minimum absolute atomic E-state index is 0.263. The van der Waals surface area contributed by atoms with Crippen LogP contribution >= 0.6 is 22.6 Å². The van der Waals surface area contributed by atoms with E-state index in [-0.39, 0.29) is 12.4 Å². The van der Waals surface area contributed by atoms with Gasteiger partial charge in [0.15, 0.2) is 0 Å². The fraction of sp³-hybridized carbons (Fsp3) is 0.227. The Hall–Kier alpha value is -2.68. The number of halogens is 1. The van der Waals surface area contributed by atoms with Crippen LogP contribution < -0.4 is 9.47 Å². The van der Waals surface area contributed by atoms with Crippen molar-refractivity contribution in [2.24, 2.45) is 0 Å². The Morgan fingerprint density at radius 3 is 2.10 bits per heavy atom. The summed E-state index contributed by atoms with van der Waals surface area (Å²) in [6.07, 6.45) is 3.43. The van der Waals surface area contributed by atoms with Crippen LogP contribution in [0.25, 0.3) is 0 Å². The number of carbonyl (C=O) groups is 3. The summed E-state index contributed by atoms with van der Waals surface area (Å²) < 4.78 is 16.4. The molecule has 0 N–H and O–H groups in total. The summed E-state index contributed by atoms with van der Waals surface area (Å²) in [7, 11) is 0.